The van der Waals surface area contributed by atoms with Crippen LogP contribution in [0.1, 0.15) is 15.9 Å². The van der Waals surface area contributed by atoms with Crippen molar-refractivity contribution in [1.29, 1.82) is 0 Å². The zero-order valence-corrected chi connectivity index (χ0v) is 15.9. The second-order valence-corrected chi connectivity index (χ2v) is 7.06. The molecule has 0 bridgehead atoms. The quantitative estimate of drug-likeness (QED) is 0.471. The lowest BCUT2D eigenvalue weighted by Crippen LogP contribution is -2.13. The molecule has 2 aromatic heterocycles. The average molecular weight is 396 g/mol. The number of pyridine rings is 1. The van der Waals surface area contributed by atoms with E-state index in [-0.39, 0.29) is 5.91 Å². The molecule has 0 unspecified atom stereocenters. The number of anilines is 1. The van der Waals surface area contributed by atoms with Gasteiger partial charge in [0.05, 0.1) is 15.7 Å². The molecule has 0 aliphatic heterocycles. The van der Waals surface area contributed by atoms with Gasteiger partial charge in [-0.05, 0) is 36.8 Å². The number of carbonyl (C=O) groups is 1. The van der Waals surface area contributed by atoms with Crippen LogP contribution in [-0.4, -0.2) is 15.3 Å². The Hall–Kier alpha value is -2.82. The van der Waals surface area contributed by atoms with Crippen LogP contribution in [0.25, 0.3) is 16.9 Å². The fourth-order valence-electron chi connectivity index (χ4n) is 2.95. The summed E-state index contributed by atoms with van der Waals surface area (Å²) in [6.07, 6.45) is 3.61. The number of hydrogen-bond acceptors (Lipinski definition) is 2. The summed E-state index contributed by atoms with van der Waals surface area (Å²) in [5.74, 6) is -0.143. The smallest absolute Gasteiger partial charge is 0.255 e. The van der Waals surface area contributed by atoms with Crippen molar-refractivity contribution in [1.82, 2.24) is 9.38 Å². The van der Waals surface area contributed by atoms with Gasteiger partial charge in [0.15, 0.2) is 5.65 Å². The Labute approximate surface area is 166 Å². The summed E-state index contributed by atoms with van der Waals surface area (Å²) in [6.45, 7) is 1.91. The normalized spacial score (nSPS) is 10.9. The van der Waals surface area contributed by atoms with E-state index >= 15 is 0 Å². The Morgan fingerprint density at radius 2 is 1.85 bits per heavy atom. The number of halogens is 2. The second-order valence-electron chi connectivity index (χ2n) is 6.21. The van der Waals surface area contributed by atoms with Gasteiger partial charge in [-0.15, -0.1) is 0 Å². The Morgan fingerprint density at radius 1 is 1.04 bits per heavy atom. The number of fused-ring (bicyclic) bond motifs is 1. The third kappa shape index (κ3) is 3.54. The van der Waals surface area contributed by atoms with Crippen molar-refractivity contribution >= 4 is 40.4 Å². The first kappa shape index (κ1) is 17.6. The van der Waals surface area contributed by atoms with Gasteiger partial charge >= 0.3 is 0 Å². The SMILES string of the molecule is Cc1ccccc1C(=O)Nc1cccc(-c2cn3cc(Cl)cc(Cl)c3n2)c1. The Balaban J connectivity index is 1.66. The molecular formula is C21H15Cl2N3O. The van der Waals surface area contributed by atoms with Crippen molar-refractivity contribution in [3.63, 3.8) is 0 Å². The van der Waals surface area contributed by atoms with Crippen LogP contribution in [0.2, 0.25) is 10.0 Å². The number of amides is 1. The second kappa shape index (κ2) is 7.06. The molecule has 0 aliphatic rings. The Morgan fingerprint density at radius 3 is 2.67 bits per heavy atom. The lowest BCUT2D eigenvalue weighted by Gasteiger charge is -2.08. The van der Waals surface area contributed by atoms with Crippen molar-refractivity contribution in [3.8, 4) is 11.3 Å². The number of nitrogens with one attached hydrogen (secondary N) is 1. The molecule has 0 atom stereocenters. The minimum absolute atomic E-state index is 0.143. The minimum Gasteiger partial charge on any atom is -0.322 e. The summed E-state index contributed by atoms with van der Waals surface area (Å²) in [7, 11) is 0. The third-order valence-electron chi connectivity index (χ3n) is 4.28. The van der Waals surface area contributed by atoms with Crippen molar-refractivity contribution in [2.45, 2.75) is 6.92 Å². The van der Waals surface area contributed by atoms with Gasteiger partial charge in [0.1, 0.15) is 0 Å². The number of aromatic nitrogens is 2. The van der Waals surface area contributed by atoms with Crippen LogP contribution in [0, 0.1) is 6.92 Å². The molecule has 2 aromatic carbocycles. The number of nitrogens with zero attached hydrogens (tertiary/aromatic N) is 2. The fraction of sp³-hybridized carbons (Fsp3) is 0.0476. The lowest BCUT2D eigenvalue weighted by molar-refractivity contribution is 0.102. The van der Waals surface area contributed by atoms with E-state index in [4.69, 9.17) is 23.2 Å². The predicted octanol–water partition coefficient (Wildman–Crippen LogP) is 5.87. The Bertz CT molecular complexity index is 1170. The molecule has 0 radical (unpaired) electrons. The van der Waals surface area contributed by atoms with Gasteiger partial charge < -0.3 is 9.72 Å². The van der Waals surface area contributed by atoms with Crippen LogP contribution >= 0.6 is 23.2 Å². The van der Waals surface area contributed by atoms with Crippen molar-refractivity contribution in [3.05, 3.63) is 88.2 Å². The summed E-state index contributed by atoms with van der Waals surface area (Å²) in [4.78, 5) is 17.1. The fourth-order valence-corrected chi connectivity index (χ4v) is 3.47. The number of carbonyl (C=O) groups excluding carboxylic acids is 1. The van der Waals surface area contributed by atoms with Crippen LogP contribution < -0.4 is 5.32 Å². The highest BCUT2D eigenvalue weighted by atomic mass is 35.5. The summed E-state index contributed by atoms with van der Waals surface area (Å²) >= 11 is 12.3. The first-order chi connectivity index (χ1) is 13.0. The molecule has 0 saturated carbocycles. The van der Waals surface area contributed by atoms with Gasteiger partial charge in [0, 0.05) is 29.2 Å². The van der Waals surface area contributed by atoms with Crippen LogP contribution in [-0.2, 0) is 0 Å². The van der Waals surface area contributed by atoms with E-state index in [0.29, 0.717) is 26.9 Å². The maximum absolute atomic E-state index is 12.5. The highest BCUT2D eigenvalue weighted by Gasteiger charge is 2.11. The van der Waals surface area contributed by atoms with Gasteiger partial charge in [-0.2, -0.15) is 0 Å². The third-order valence-corrected chi connectivity index (χ3v) is 4.76. The molecule has 0 spiro atoms. The van der Waals surface area contributed by atoms with E-state index < -0.39 is 0 Å². The average Bonchev–Trinajstić information content (AvgIpc) is 3.06. The van der Waals surface area contributed by atoms with E-state index in [1.807, 2.05) is 61.7 Å². The molecule has 4 aromatic rings. The maximum Gasteiger partial charge on any atom is 0.255 e. The highest BCUT2D eigenvalue weighted by Crippen LogP contribution is 2.27. The molecular weight excluding hydrogens is 381 g/mol. The van der Waals surface area contributed by atoms with Crippen LogP contribution in [0.5, 0.6) is 0 Å². The molecule has 0 aliphatic carbocycles. The molecule has 1 amide bonds. The lowest BCUT2D eigenvalue weighted by atomic mass is 10.1. The van der Waals surface area contributed by atoms with E-state index in [1.165, 1.54) is 0 Å². The van der Waals surface area contributed by atoms with Crippen molar-refractivity contribution in [2.24, 2.45) is 0 Å². The summed E-state index contributed by atoms with van der Waals surface area (Å²) in [5, 5.41) is 3.96. The van der Waals surface area contributed by atoms with E-state index in [2.05, 4.69) is 10.3 Å². The number of rotatable bonds is 3. The molecule has 0 fully saturated rings. The summed E-state index contributed by atoms with van der Waals surface area (Å²) in [6, 6.07) is 16.7. The van der Waals surface area contributed by atoms with Crippen LogP contribution in [0.4, 0.5) is 5.69 Å². The first-order valence-corrected chi connectivity index (χ1v) is 9.08. The highest BCUT2D eigenvalue weighted by molar-refractivity contribution is 6.36. The standard InChI is InChI=1S/C21H15Cl2N3O/c1-13-5-2-3-8-17(13)21(27)24-16-7-4-6-14(9-16)19-12-26-11-15(22)10-18(23)20(26)25-19/h2-12H,1H3,(H,24,27). The van der Waals surface area contributed by atoms with E-state index in [0.717, 1.165) is 16.8 Å². The number of imidazole rings is 1. The van der Waals surface area contributed by atoms with E-state index in [9.17, 15) is 4.79 Å². The topological polar surface area (TPSA) is 46.4 Å². The number of aryl methyl sites for hydroxylation is 1. The molecule has 4 nitrogen and oxygen atoms in total. The van der Waals surface area contributed by atoms with Crippen LogP contribution in [0.3, 0.4) is 0 Å². The van der Waals surface area contributed by atoms with Crippen LogP contribution in [0.15, 0.2) is 67.0 Å². The largest absolute Gasteiger partial charge is 0.322 e. The molecule has 6 heteroatoms. The van der Waals surface area contributed by atoms with Gasteiger partial charge in [-0.1, -0.05) is 53.5 Å². The minimum atomic E-state index is -0.143. The molecule has 1 N–H and O–H groups in total. The molecule has 4 rings (SSSR count). The van der Waals surface area contributed by atoms with Gasteiger partial charge in [-0.25, -0.2) is 4.98 Å². The Kier molecular flexibility index (Phi) is 4.60. The zero-order valence-electron chi connectivity index (χ0n) is 14.4. The van der Waals surface area contributed by atoms with Crippen molar-refractivity contribution in [2.75, 3.05) is 5.32 Å². The molecule has 2 heterocycles. The van der Waals surface area contributed by atoms with Gasteiger partial charge in [0.25, 0.3) is 5.91 Å². The monoisotopic (exact) mass is 395 g/mol. The number of hydrogen-bond donors (Lipinski definition) is 1. The zero-order chi connectivity index (χ0) is 19.0. The van der Waals surface area contributed by atoms with Gasteiger partial charge in [-0.3, -0.25) is 4.79 Å². The summed E-state index contributed by atoms with van der Waals surface area (Å²) < 4.78 is 1.79. The predicted molar refractivity (Wildman–Crippen MR) is 110 cm³/mol. The van der Waals surface area contributed by atoms with Crippen molar-refractivity contribution < 1.29 is 4.79 Å². The maximum atomic E-state index is 12.5. The first-order valence-electron chi connectivity index (χ1n) is 8.32. The molecule has 134 valence electrons. The van der Waals surface area contributed by atoms with E-state index in [1.54, 1.807) is 16.7 Å². The molecule has 0 saturated heterocycles. The molecule has 27 heavy (non-hydrogen) atoms. The summed E-state index contributed by atoms with van der Waals surface area (Å²) in [5.41, 5.74) is 4.52. The number of benzene rings is 2. The van der Waals surface area contributed by atoms with Gasteiger partial charge in [0.2, 0.25) is 0 Å².